The second-order valence-electron chi connectivity index (χ2n) is 6.49. The number of morpholine rings is 1. The summed E-state index contributed by atoms with van der Waals surface area (Å²) in [5.41, 5.74) is 1.38. The van der Waals surface area contributed by atoms with Crippen LogP contribution in [0.5, 0.6) is 0 Å². The summed E-state index contributed by atoms with van der Waals surface area (Å²) in [6.45, 7) is 6.81. The SMILES string of the molecule is O=C(NCC1CCN(Cc2ccccc2)CC1)N1CCOCC1. The number of carbonyl (C=O) groups excluding carboxylic acids is 1. The lowest BCUT2D eigenvalue weighted by Crippen LogP contribution is -2.48. The molecule has 2 saturated heterocycles. The number of nitrogens with zero attached hydrogens (tertiary/aromatic N) is 2. The van der Waals surface area contributed by atoms with Gasteiger partial charge < -0.3 is 15.0 Å². The number of carbonyl (C=O) groups is 1. The summed E-state index contributed by atoms with van der Waals surface area (Å²) >= 11 is 0. The fourth-order valence-electron chi connectivity index (χ4n) is 3.30. The van der Waals surface area contributed by atoms with E-state index in [1.54, 1.807) is 0 Å². The Morgan fingerprint density at radius 1 is 1.09 bits per heavy atom. The molecule has 0 saturated carbocycles. The molecule has 2 aliphatic heterocycles. The first-order valence-corrected chi connectivity index (χ1v) is 8.68. The maximum Gasteiger partial charge on any atom is 0.317 e. The van der Waals surface area contributed by atoms with Gasteiger partial charge >= 0.3 is 6.03 Å². The van der Waals surface area contributed by atoms with Crippen molar-refractivity contribution in [3.05, 3.63) is 35.9 Å². The second kappa shape index (κ2) is 8.31. The Morgan fingerprint density at radius 2 is 1.78 bits per heavy atom. The van der Waals surface area contributed by atoms with E-state index >= 15 is 0 Å². The number of likely N-dealkylation sites (tertiary alicyclic amines) is 1. The fraction of sp³-hybridized carbons (Fsp3) is 0.611. The van der Waals surface area contributed by atoms with Crippen molar-refractivity contribution in [2.45, 2.75) is 19.4 Å². The molecule has 126 valence electrons. The van der Waals surface area contributed by atoms with Gasteiger partial charge in [0.15, 0.2) is 0 Å². The number of ether oxygens (including phenoxy) is 1. The van der Waals surface area contributed by atoms with E-state index in [4.69, 9.17) is 4.74 Å². The highest BCUT2D eigenvalue weighted by Gasteiger charge is 2.21. The summed E-state index contributed by atoms with van der Waals surface area (Å²) in [5, 5.41) is 3.10. The molecular weight excluding hydrogens is 290 g/mol. The molecule has 0 spiro atoms. The number of piperidine rings is 1. The van der Waals surface area contributed by atoms with Gasteiger partial charge in [-0.05, 0) is 37.4 Å². The highest BCUT2D eigenvalue weighted by atomic mass is 16.5. The number of amides is 2. The van der Waals surface area contributed by atoms with E-state index in [1.165, 1.54) is 5.56 Å². The quantitative estimate of drug-likeness (QED) is 0.923. The van der Waals surface area contributed by atoms with Gasteiger partial charge in [0, 0.05) is 26.2 Å². The highest BCUT2D eigenvalue weighted by molar-refractivity contribution is 5.74. The zero-order valence-electron chi connectivity index (χ0n) is 13.7. The molecule has 5 nitrogen and oxygen atoms in total. The largest absolute Gasteiger partial charge is 0.378 e. The van der Waals surface area contributed by atoms with Crippen LogP contribution >= 0.6 is 0 Å². The van der Waals surface area contributed by atoms with Crippen molar-refractivity contribution in [1.82, 2.24) is 15.1 Å². The Kier molecular flexibility index (Phi) is 5.88. The maximum atomic E-state index is 12.1. The van der Waals surface area contributed by atoms with Crippen LogP contribution in [0, 0.1) is 5.92 Å². The van der Waals surface area contributed by atoms with Crippen LogP contribution in [0.25, 0.3) is 0 Å². The van der Waals surface area contributed by atoms with Gasteiger partial charge in [0.1, 0.15) is 0 Å². The Hall–Kier alpha value is -1.59. The third kappa shape index (κ3) is 4.94. The van der Waals surface area contributed by atoms with Crippen molar-refractivity contribution in [3.63, 3.8) is 0 Å². The summed E-state index contributed by atoms with van der Waals surface area (Å²) in [5.74, 6) is 0.604. The zero-order valence-corrected chi connectivity index (χ0v) is 13.7. The van der Waals surface area contributed by atoms with Crippen LogP contribution in [0.1, 0.15) is 18.4 Å². The van der Waals surface area contributed by atoms with Gasteiger partial charge in [-0.1, -0.05) is 30.3 Å². The molecule has 1 N–H and O–H groups in total. The summed E-state index contributed by atoms with van der Waals surface area (Å²) < 4.78 is 5.28. The summed E-state index contributed by atoms with van der Waals surface area (Å²) in [4.78, 5) is 16.5. The van der Waals surface area contributed by atoms with Crippen LogP contribution in [0.2, 0.25) is 0 Å². The minimum Gasteiger partial charge on any atom is -0.378 e. The van der Waals surface area contributed by atoms with E-state index in [9.17, 15) is 4.79 Å². The van der Waals surface area contributed by atoms with Gasteiger partial charge in [-0.15, -0.1) is 0 Å². The third-order valence-corrected chi connectivity index (χ3v) is 4.80. The minimum absolute atomic E-state index is 0.0695. The van der Waals surface area contributed by atoms with Crippen molar-refractivity contribution in [3.8, 4) is 0 Å². The number of urea groups is 1. The van der Waals surface area contributed by atoms with Gasteiger partial charge in [0.05, 0.1) is 13.2 Å². The summed E-state index contributed by atoms with van der Waals surface area (Å²) in [6.07, 6.45) is 2.33. The smallest absolute Gasteiger partial charge is 0.317 e. The molecule has 2 heterocycles. The molecule has 2 fully saturated rings. The molecule has 5 heteroatoms. The molecule has 3 rings (SSSR count). The topological polar surface area (TPSA) is 44.8 Å². The predicted molar refractivity (Wildman–Crippen MR) is 90.2 cm³/mol. The summed E-state index contributed by atoms with van der Waals surface area (Å²) in [6, 6.07) is 10.7. The number of nitrogens with one attached hydrogen (secondary N) is 1. The van der Waals surface area contributed by atoms with Gasteiger partial charge in [-0.3, -0.25) is 4.90 Å². The van der Waals surface area contributed by atoms with Crippen molar-refractivity contribution in [1.29, 1.82) is 0 Å². The van der Waals surface area contributed by atoms with Crippen molar-refractivity contribution < 1.29 is 9.53 Å². The molecule has 0 radical (unpaired) electrons. The molecular formula is C18H27N3O2. The lowest BCUT2D eigenvalue weighted by atomic mass is 9.96. The van der Waals surface area contributed by atoms with Crippen molar-refractivity contribution >= 4 is 6.03 Å². The van der Waals surface area contributed by atoms with Gasteiger partial charge in [-0.2, -0.15) is 0 Å². The summed E-state index contributed by atoms with van der Waals surface area (Å²) in [7, 11) is 0. The predicted octanol–water partition coefficient (Wildman–Crippen LogP) is 1.94. The molecule has 0 atom stereocenters. The Bertz CT molecular complexity index is 480. The molecule has 1 aromatic rings. The molecule has 0 unspecified atom stereocenters. The van der Waals surface area contributed by atoms with E-state index in [1.807, 2.05) is 4.90 Å². The fourth-order valence-corrected chi connectivity index (χ4v) is 3.30. The van der Waals surface area contributed by atoms with E-state index in [2.05, 4.69) is 40.5 Å². The van der Waals surface area contributed by atoms with E-state index < -0.39 is 0 Å². The Morgan fingerprint density at radius 3 is 2.48 bits per heavy atom. The van der Waals surface area contributed by atoms with Crippen LogP contribution in [0.3, 0.4) is 0 Å². The number of hydrogen-bond acceptors (Lipinski definition) is 3. The molecule has 2 aliphatic rings. The molecule has 0 aliphatic carbocycles. The molecule has 2 amide bonds. The van der Waals surface area contributed by atoms with Crippen LogP contribution < -0.4 is 5.32 Å². The lowest BCUT2D eigenvalue weighted by molar-refractivity contribution is 0.0527. The van der Waals surface area contributed by atoms with E-state index in [-0.39, 0.29) is 6.03 Å². The molecule has 23 heavy (non-hydrogen) atoms. The number of hydrogen-bond donors (Lipinski definition) is 1. The second-order valence-corrected chi connectivity index (χ2v) is 6.49. The van der Waals surface area contributed by atoms with Crippen LogP contribution in [-0.2, 0) is 11.3 Å². The first-order valence-electron chi connectivity index (χ1n) is 8.68. The van der Waals surface area contributed by atoms with Crippen LogP contribution in [0.15, 0.2) is 30.3 Å². The Labute approximate surface area is 138 Å². The maximum absolute atomic E-state index is 12.1. The van der Waals surface area contributed by atoms with E-state index in [0.717, 1.165) is 39.0 Å². The van der Waals surface area contributed by atoms with Gasteiger partial charge in [0.2, 0.25) is 0 Å². The lowest BCUT2D eigenvalue weighted by Gasteiger charge is -2.33. The van der Waals surface area contributed by atoms with Crippen LogP contribution in [-0.4, -0.2) is 61.8 Å². The Balaban J connectivity index is 1.35. The standard InChI is InChI=1S/C18H27N3O2/c22-18(21-10-12-23-13-11-21)19-14-16-6-8-20(9-7-16)15-17-4-2-1-3-5-17/h1-5,16H,6-15H2,(H,19,22). The zero-order chi connectivity index (χ0) is 15.9. The van der Waals surface area contributed by atoms with Crippen molar-refractivity contribution in [2.75, 3.05) is 45.9 Å². The highest BCUT2D eigenvalue weighted by Crippen LogP contribution is 2.18. The van der Waals surface area contributed by atoms with Gasteiger partial charge in [-0.25, -0.2) is 4.79 Å². The van der Waals surface area contributed by atoms with E-state index in [0.29, 0.717) is 32.2 Å². The average Bonchev–Trinajstić information content (AvgIpc) is 2.62. The normalized spacial score (nSPS) is 20.4. The average molecular weight is 317 g/mol. The first kappa shape index (κ1) is 16.3. The molecule has 0 aromatic heterocycles. The first-order chi connectivity index (χ1) is 11.3. The number of rotatable bonds is 4. The van der Waals surface area contributed by atoms with Crippen molar-refractivity contribution in [2.24, 2.45) is 5.92 Å². The third-order valence-electron chi connectivity index (χ3n) is 4.80. The van der Waals surface area contributed by atoms with Crippen LogP contribution in [0.4, 0.5) is 4.79 Å². The minimum atomic E-state index is 0.0695. The number of benzene rings is 1. The monoisotopic (exact) mass is 317 g/mol. The molecule has 0 bridgehead atoms. The molecule has 1 aromatic carbocycles. The van der Waals surface area contributed by atoms with Gasteiger partial charge in [0.25, 0.3) is 0 Å².